The first-order valence-electron chi connectivity index (χ1n) is 7.91. The molecule has 0 atom stereocenters. The zero-order chi connectivity index (χ0) is 18.5. The van der Waals surface area contributed by atoms with Crippen molar-refractivity contribution in [2.45, 2.75) is 22.4 Å². The summed E-state index contributed by atoms with van der Waals surface area (Å²) >= 11 is 1.13. The topological polar surface area (TPSA) is 58.2 Å². The van der Waals surface area contributed by atoms with Crippen LogP contribution in [0.1, 0.15) is 17.5 Å². The average Bonchev–Trinajstić information content (AvgIpc) is 2.75. The molecule has 2 aromatic rings. The van der Waals surface area contributed by atoms with Gasteiger partial charge in [0.05, 0.1) is 29.1 Å². The predicted molar refractivity (Wildman–Crippen MR) is 90.2 cm³/mol. The molecule has 0 amide bonds. The Hall–Kier alpha value is -2.55. The van der Waals surface area contributed by atoms with Crippen LogP contribution in [0.25, 0.3) is 0 Å². The van der Waals surface area contributed by atoms with Crippen LogP contribution >= 0.6 is 11.8 Å². The number of amidine groups is 1. The summed E-state index contributed by atoms with van der Waals surface area (Å²) < 4.78 is 41.7. The van der Waals surface area contributed by atoms with Gasteiger partial charge in [-0.25, -0.2) is 4.58 Å². The van der Waals surface area contributed by atoms with E-state index < -0.39 is 22.4 Å². The van der Waals surface area contributed by atoms with Gasteiger partial charge in [-0.2, -0.15) is 13.2 Å². The van der Waals surface area contributed by atoms with Crippen molar-refractivity contribution in [3.05, 3.63) is 57.6 Å². The van der Waals surface area contributed by atoms with Crippen LogP contribution in [0.3, 0.4) is 0 Å². The normalized spacial score (nSPS) is 16.1. The quantitative estimate of drug-likeness (QED) is 0.459. The second-order valence-electron chi connectivity index (χ2n) is 5.98. The Morgan fingerprint density at radius 1 is 1.23 bits per heavy atom. The first-order valence-corrected chi connectivity index (χ1v) is 8.73. The number of rotatable bonds is 1. The number of nitro groups is 1. The molecule has 0 spiro atoms. The highest BCUT2D eigenvalue weighted by molar-refractivity contribution is 7.99. The van der Waals surface area contributed by atoms with E-state index in [1.807, 2.05) is 18.2 Å². The molecule has 2 heterocycles. The standard InChI is InChI=1S/C17H12F3N3O2S/c18-17(19,20)10-8-12-15(13(9-10)23(24)25)26-14-5-2-1-4-11(14)16-21-6-3-7-22(12)16/h1-2,4-5,8-9H,3,6-7H2/p+1. The summed E-state index contributed by atoms with van der Waals surface area (Å²) in [5, 5.41) is 14.8. The molecule has 0 radical (unpaired) electrons. The van der Waals surface area contributed by atoms with E-state index in [0.717, 1.165) is 34.7 Å². The van der Waals surface area contributed by atoms with Crippen LogP contribution in [0.2, 0.25) is 0 Å². The molecule has 1 N–H and O–H groups in total. The average molecular weight is 380 g/mol. The Morgan fingerprint density at radius 2 is 2.00 bits per heavy atom. The first-order chi connectivity index (χ1) is 12.4. The highest BCUT2D eigenvalue weighted by Gasteiger charge is 2.39. The molecule has 134 valence electrons. The van der Waals surface area contributed by atoms with E-state index in [1.165, 1.54) is 0 Å². The van der Waals surface area contributed by atoms with Gasteiger partial charge >= 0.3 is 6.18 Å². The van der Waals surface area contributed by atoms with Crippen LogP contribution in [0.5, 0.6) is 0 Å². The van der Waals surface area contributed by atoms with Crippen molar-refractivity contribution in [1.82, 2.24) is 5.32 Å². The number of alkyl halides is 3. The molecule has 0 aliphatic carbocycles. The molecule has 0 unspecified atom stereocenters. The maximum Gasteiger partial charge on any atom is 0.416 e. The number of benzene rings is 2. The minimum atomic E-state index is -4.66. The molecule has 2 aliphatic heterocycles. The first kappa shape index (κ1) is 16.9. The van der Waals surface area contributed by atoms with Crippen LogP contribution in [-0.4, -0.2) is 28.4 Å². The predicted octanol–water partition coefficient (Wildman–Crippen LogP) is 4.16. The summed E-state index contributed by atoms with van der Waals surface area (Å²) in [6, 6.07) is 8.96. The van der Waals surface area contributed by atoms with Gasteiger partial charge in [-0.05, 0) is 18.2 Å². The van der Waals surface area contributed by atoms with Crippen molar-refractivity contribution < 1.29 is 22.7 Å². The van der Waals surface area contributed by atoms with Gasteiger partial charge in [0.15, 0.2) is 0 Å². The molecule has 5 nitrogen and oxygen atoms in total. The van der Waals surface area contributed by atoms with Gasteiger partial charge in [0, 0.05) is 17.4 Å². The summed E-state index contributed by atoms with van der Waals surface area (Å²) in [5.41, 5.74) is -0.493. The highest BCUT2D eigenvalue weighted by Crippen LogP contribution is 2.47. The van der Waals surface area contributed by atoms with Gasteiger partial charge in [-0.15, -0.1) is 0 Å². The van der Waals surface area contributed by atoms with E-state index in [0.29, 0.717) is 25.0 Å². The number of halogens is 3. The molecule has 4 rings (SSSR count). The van der Waals surface area contributed by atoms with Crippen LogP contribution in [0, 0.1) is 10.1 Å². The fourth-order valence-electron chi connectivity index (χ4n) is 3.20. The summed E-state index contributed by atoms with van der Waals surface area (Å²) in [6.45, 7) is 1.18. The molecule has 0 bridgehead atoms. The lowest BCUT2D eigenvalue weighted by Gasteiger charge is -2.18. The van der Waals surface area contributed by atoms with Crippen LogP contribution in [0.4, 0.5) is 24.5 Å². The van der Waals surface area contributed by atoms with E-state index >= 15 is 0 Å². The molecule has 2 aromatic carbocycles. The monoisotopic (exact) mass is 380 g/mol. The van der Waals surface area contributed by atoms with Crippen molar-refractivity contribution >= 4 is 29.0 Å². The number of fused-ring (bicyclic) bond motifs is 4. The van der Waals surface area contributed by atoms with Gasteiger partial charge in [-0.3, -0.25) is 15.4 Å². The molecule has 2 aliphatic rings. The van der Waals surface area contributed by atoms with Crippen molar-refractivity contribution in [3.8, 4) is 0 Å². The third kappa shape index (κ3) is 2.72. The number of hydrogen-bond acceptors (Lipinski definition) is 4. The fraction of sp³-hybridized carbons (Fsp3) is 0.235. The Bertz CT molecular complexity index is 957. The van der Waals surface area contributed by atoms with Gasteiger partial charge in [0.25, 0.3) is 11.5 Å². The maximum absolute atomic E-state index is 13.3. The van der Waals surface area contributed by atoms with E-state index in [4.69, 9.17) is 0 Å². The highest BCUT2D eigenvalue weighted by atomic mass is 32.2. The molecule has 9 heteroatoms. The summed E-state index contributed by atoms with van der Waals surface area (Å²) in [4.78, 5) is 11.8. The Kier molecular flexibility index (Phi) is 3.91. The van der Waals surface area contributed by atoms with Crippen molar-refractivity contribution in [1.29, 1.82) is 0 Å². The number of hydrogen-bond donors (Lipinski definition) is 1. The number of nitrogens with zero attached hydrogens (tertiary/aromatic N) is 2. The molecule has 0 saturated heterocycles. The Balaban J connectivity index is 2.07. The van der Waals surface area contributed by atoms with E-state index in [2.05, 4.69) is 5.32 Å². The minimum absolute atomic E-state index is 0.218. The molecule has 0 fully saturated rings. The summed E-state index contributed by atoms with van der Waals surface area (Å²) in [6.07, 6.45) is -3.94. The summed E-state index contributed by atoms with van der Waals surface area (Å²) in [7, 11) is 0. The third-order valence-corrected chi connectivity index (χ3v) is 5.54. The minimum Gasteiger partial charge on any atom is -0.274 e. The van der Waals surface area contributed by atoms with E-state index in [-0.39, 0.29) is 10.6 Å². The second kappa shape index (κ2) is 6.01. The molecule has 0 saturated carbocycles. The molecule has 26 heavy (non-hydrogen) atoms. The zero-order valence-corrected chi connectivity index (χ0v) is 14.2. The van der Waals surface area contributed by atoms with Crippen LogP contribution in [-0.2, 0) is 6.18 Å². The van der Waals surface area contributed by atoms with E-state index in [9.17, 15) is 23.3 Å². The van der Waals surface area contributed by atoms with Crippen LogP contribution in [0.15, 0.2) is 46.2 Å². The molecule has 0 aromatic heterocycles. The van der Waals surface area contributed by atoms with Crippen molar-refractivity contribution in [2.24, 2.45) is 0 Å². The Morgan fingerprint density at radius 3 is 2.73 bits per heavy atom. The number of nitro benzene ring substituents is 1. The lowest BCUT2D eigenvalue weighted by molar-refractivity contribution is -0.451. The molecular formula is C17H13F3N3O2S+. The lowest BCUT2D eigenvalue weighted by Crippen LogP contribution is -2.39. The largest absolute Gasteiger partial charge is 0.416 e. The summed E-state index contributed by atoms with van der Waals surface area (Å²) in [5.74, 6) is 0.687. The fourth-order valence-corrected chi connectivity index (χ4v) is 4.35. The van der Waals surface area contributed by atoms with Gasteiger partial charge in [-0.1, -0.05) is 23.9 Å². The van der Waals surface area contributed by atoms with E-state index in [1.54, 1.807) is 10.6 Å². The number of nitrogens with one attached hydrogen (secondary N) is 1. The molecular weight excluding hydrogens is 367 g/mol. The third-order valence-electron chi connectivity index (χ3n) is 4.34. The van der Waals surface area contributed by atoms with Crippen molar-refractivity contribution in [2.75, 3.05) is 13.1 Å². The van der Waals surface area contributed by atoms with Gasteiger partial charge in [0.1, 0.15) is 10.6 Å². The SMILES string of the molecule is O=[N+]([O-])c1cc(C(F)(F)F)cc2c1Sc1ccccc1C1=[N+]2CCCN1. The van der Waals surface area contributed by atoms with Crippen LogP contribution < -0.4 is 5.32 Å². The maximum atomic E-state index is 13.3. The second-order valence-corrected chi connectivity index (χ2v) is 7.03. The zero-order valence-electron chi connectivity index (χ0n) is 13.3. The van der Waals surface area contributed by atoms with Crippen molar-refractivity contribution in [3.63, 3.8) is 0 Å². The van der Waals surface area contributed by atoms with Gasteiger partial charge in [0.2, 0.25) is 0 Å². The van der Waals surface area contributed by atoms with Gasteiger partial charge < -0.3 is 0 Å². The Labute approximate surface area is 150 Å². The lowest BCUT2D eigenvalue weighted by atomic mass is 10.1. The smallest absolute Gasteiger partial charge is 0.274 e.